The fourth-order valence-electron chi connectivity index (χ4n) is 5.54. The number of nitrogens with one attached hydrogen (secondary N) is 1. The van der Waals surface area contributed by atoms with Gasteiger partial charge in [-0.3, -0.25) is 9.78 Å². The molecule has 4 aromatic rings. The number of piperidine rings is 1. The van der Waals surface area contributed by atoms with Crippen LogP contribution in [0.1, 0.15) is 31.0 Å². The van der Waals surface area contributed by atoms with E-state index in [0.29, 0.717) is 24.8 Å². The smallest absolute Gasteiger partial charge is 0.246 e. The van der Waals surface area contributed by atoms with Crippen LogP contribution in [-0.2, 0) is 4.79 Å². The zero-order valence-electron chi connectivity index (χ0n) is 20.7. The Bertz CT molecular complexity index is 1570. The predicted octanol–water partition coefficient (Wildman–Crippen LogP) is 3.54. The number of anilines is 1. The number of hydrogen-bond acceptors (Lipinski definition) is 6. The Balaban J connectivity index is 1.58. The molecular formula is C29H29N7O. The summed E-state index contributed by atoms with van der Waals surface area (Å²) in [4.78, 5) is 28.0. The SMILES string of the molecule is C=CC(=O)N1CC[C@@H](n2c(C#CC3CCNCC3)c(-c3cnc4ccccc4c3)c3c(N)ncnc32)C1. The van der Waals surface area contributed by atoms with Crippen molar-refractivity contribution in [1.82, 2.24) is 29.7 Å². The normalized spacial score (nSPS) is 18.2. The summed E-state index contributed by atoms with van der Waals surface area (Å²) in [6.07, 6.45) is 7.60. The molecule has 3 N–H and O–H groups in total. The fraction of sp³-hybridized carbons (Fsp3) is 0.310. The van der Waals surface area contributed by atoms with Crippen molar-refractivity contribution in [2.75, 3.05) is 31.9 Å². The summed E-state index contributed by atoms with van der Waals surface area (Å²) in [5.74, 6) is 7.79. The number of hydrogen-bond donors (Lipinski definition) is 2. The molecule has 0 saturated carbocycles. The average Bonchev–Trinajstić information content (AvgIpc) is 3.55. The molecule has 1 atom stereocenters. The van der Waals surface area contributed by atoms with Gasteiger partial charge in [0.25, 0.3) is 0 Å². The van der Waals surface area contributed by atoms with E-state index in [0.717, 1.165) is 71.1 Å². The minimum absolute atomic E-state index is 0.0141. The highest BCUT2D eigenvalue weighted by Gasteiger charge is 2.32. The molecule has 0 aliphatic carbocycles. The third-order valence-electron chi connectivity index (χ3n) is 7.44. The summed E-state index contributed by atoms with van der Waals surface area (Å²) in [5.41, 5.74) is 10.9. The summed E-state index contributed by atoms with van der Waals surface area (Å²) in [7, 11) is 0. The van der Waals surface area contributed by atoms with Gasteiger partial charge in [-0.25, -0.2) is 9.97 Å². The molecule has 0 spiro atoms. The molecular weight excluding hydrogens is 462 g/mol. The number of nitrogen functional groups attached to an aromatic ring is 1. The highest BCUT2D eigenvalue weighted by Crippen LogP contribution is 2.40. The van der Waals surface area contributed by atoms with Gasteiger partial charge in [-0.2, -0.15) is 0 Å². The van der Waals surface area contributed by atoms with Crippen LogP contribution in [0.25, 0.3) is 33.1 Å². The van der Waals surface area contributed by atoms with Crippen molar-refractivity contribution >= 4 is 33.7 Å². The van der Waals surface area contributed by atoms with Gasteiger partial charge in [-0.05, 0) is 56.5 Å². The lowest BCUT2D eigenvalue weighted by atomic mass is 9.98. The molecule has 186 valence electrons. The Labute approximate surface area is 215 Å². The summed E-state index contributed by atoms with van der Waals surface area (Å²) in [5, 5.41) is 5.23. The molecule has 0 unspecified atom stereocenters. The third-order valence-corrected chi connectivity index (χ3v) is 7.44. The van der Waals surface area contributed by atoms with E-state index in [-0.39, 0.29) is 11.9 Å². The lowest BCUT2D eigenvalue weighted by molar-refractivity contribution is -0.125. The Hall–Kier alpha value is -4.22. The van der Waals surface area contributed by atoms with Crippen LogP contribution in [0.15, 0.2) is 55.5 Å². The molecule has 2 saturated heterocycles. The molecule has 1 amide bonds. The number of benzene rings is 1. The standard InChI is InChI=1S/C29H29N7O/c1-2-25(37)35-14-11-22(17-35)36-24(8-7-19-9-12-31-13-10-19)26(27-28(30)33-18-34-29(27)36)21-15-20-5-3-4-6-23(20)32-16-21/h2-6,15-16,18-19,22,31H,1,9-14,17H2,(H2,30,33,34)/t22-/m1/s1. The van der Waals surface area contributed by atoms with Crippen molar-refractivity contribution in [2.24, 2.45) is 5.92 Å². The van der Waals surface area contributed by atoms with Gasteiger partial charge < -0.3 is 20.5 Å². The van der Waals surface area contributed by atoms with Crippen LogP contribution in [0, 0.1) is 17.8 Å². The van der Waals surface area contributed by atoms with E-state index < -0.39 is 0 Å². The summed E-state index contributed by atoms with van der Waals surface area (Å²) >= 11 is 0. The number of rotatable bonds is 3. The van der Waals surface area contributed by atoms with E-state index in [4.69, 9.17) is 15.7 Å². The Kier molecular flexibility index (Phi) is 6.07. The van der Waals surface area contributed by atoms with Gasteiger partial charge in [-0.15, -0.1) is 0 Å². The van der Waals surface area contributed by atoms with Crippen molar-refractivity contribution in [1.29, 1.82) is 0 Å². The number of amides is 1. The first-order chi connectivity index (χ1) is 18.1. The number of carbonyl (C=O) groups excluding carboxylic acids is 1. The average molecular weight is 492 g/mol. The topological polar surface area (TPSA) is 102 Å². The molecule has 3 aromatic heterocycles. The van der Waals surface area contributed by atoms with Crippen LogP contribution in [0.5, 0.6) is 0 Å². The Morgan fingerprint density at radius 1 is 1.16 bits per heavy atom. The number of aromatic nitrogens is 4. The molecule has 2 aliphatic heterocycles. The lowest BCUT2D eigenvalue weighted by Crippen LogP contribution is -2.27. The van der Waals surface area contributed by atoms with E-state index in [2.05, 4.69) is 45.4 Å². The largest absolute Gasteiger partial charge is 0.383 e. The fourth-order valence-corrected chi connectivity index (χ4v) is 5.54. The van der Waals surface area contributed by atoms with Gasteiger partial charge >= 0.3 is 0 Å². The van der Waals surface area contributed by atoms with Crippen LogP contribution in [0.3, 0.4) is 0 Å². The van der Waals surface area contributed by atoms with Gasteiger partial charge in [0.2, 0.25) is 5.91 Å². The quantitative estimate of drug-likeness (QED) is 0.336. The van der Waals surface area contributed by atoms with Gasteiger partial charge in [0.15, 0.2) is 0 Å². The van der Waals surface area contributed by atoms with Gasteiger partial charge in [0.05, 0.1) is 16.9 Å². The third kappa shape index (κ3) is 4.21. The molecule has 8 heteroatoms. The molecule has 5 heterocycles. The summed E-state index contributed by atoms with van der Waals surface area (Å²) in [6, 6.07) is 10.2. The number of carbonyl (C=O) groups is 1. The monoisotopic (exact) mass is 491 g/mol. The molecule has 8 nitrogen and oxygen atoms in total. The second-order valence-electron chi connectivity index (χ2n) is 9.69. The lowest BCUT2D eigenvalue weighted by Gasteiger charge is -2.19. The van der Waals surface area contributed by atoms with E-state index in [1.54, 1.807) is 0 Å². The second kappa shape index (κ2) is 9.68. The molecule has 0 radical (unpaired) electrons. The van der Waals surface area contributed by atoms with Crippen LogP contribution in [-0.4, -0.2) is 56.5 Å². The second-order valence-corrected chi connectivity index (χ2v) is 9.69. The molecule has 37 heavy (non-hydrogen) atoms. The van der Waals surface area contributed by atoms with Gasteiger partial charge in [-0.1, -0.05) is 30.7 Å². The first-order valence-electron chi connectivity index (χ1n) is 12.8. The van der Waals surface area contributed by atoms with Crippen LogP contribution in [0.2, 0.25) is 0 Å². The van der Waals surface area contributed by atoms with E-state index in [1.165, 1.54) is 12.4 Å². The number of fused-ring (bicyclic) bond motifs is 2. The summed E-state index contributed by atoms with van der Waals surface area (Å²) in [6.45, 7) is 6.84. The highest BCUT2D eigenvalue weighted by atomic mass is 16.2. The van der Waals surface area contributed by atoms with Gasteiger partial charge in [0, 0.05) is 41.7 Å². The minimum atomic E-state index is -0.0607. The maximum Gasteiger partial charge on any atom is 0.246 e. The molecule has 2 fully saturated rings. The molecule has 2 aliphatic rings. The molecule has 0 bridgehead atoms. The minimum Gasteiger partial charge on any atom is -0.383 e. The zero-order chi connectivity index (χ0) is 25.4. The maximum absolute atomic E-state index is 12.4. The van der Waals surface area contributed by atoms with Crippen molar-refractivity contribution in [3.8, 4) is 23.0 Å². The van der Waals surface area contributed by atoms with Crippen molar-refractivity contribution < 1.29 is 4.79 Å². The number of likely N-dealkylation sites (tertiary alicyclic amines) is 1. The van der Waals surface area contributed by atoms with E-state index >= 15 is 0 Å². The van der Waals surface area contributed by atoms with Crippen LogP contribution < -0.4 is 11.1 Å². The zero-order valence-corrected chi connectivity index (χ0v) is 20.7. The molecule has 6 rings (SSSR count). The number of nitrogens with zero attached hydrogens (tertiary/aromatic N) is 5. The van der Waals surface area contributed by atoms with Crippen LogP contribution in [0.4, 0.5) is 5.82 Å². The molecule has 1 aromatic carbocycles. The van der Waals surface area contributed by atoms with Gasteiger partial charge in [0.1, 0.15) is 23.5 Å². The Morgan fingerprint density at radius 3 is 2.84 bits per heavy atom. The van der Waals surface area contributed by atoms with Crippen molar-refractivity contribution in [3.05, 3.63) is 61.2 Å². The van der Waals surface area contributed by atoms with E-state index in [9.17, 15) is 4.79 Å². The Morgan fingerprint density at radius 2 is 2.00 bits per heavy atom. The first kappa shape index (κ1) is 23.2. The van der Waals surface area contributed by atoms with Crippen LogP contribution >= 0.6 is 0 Å². The highest BCUT2D eigenvalue weighted by molar-refractivity contribution is 6.04. The summed E-state index contributed by atoms with van der Waals surface area (Å²) < 4.78 is 2.18. The number of nitrogens with two attached hydrogens (primary N) is 1. The van der Waals surface area contributed by atoms with Crippen molar-refractivity contribution in [3.63, 3.8) is 0 Å². The maximum atomic E-state index is 12.4. The predicted molar refractivity (Wildman–Crippen MR) is 146 cm³/mol. The number of para-hydroxylation sites is 1. The van der Waals surface area contributed by atoms with Crippen molar-refractivity contribution in [2.45, 2.75) is 25.3 Å². The first-order valence-corrected chi connectivity index (χ1v) is 12.8. The number of pyridine rings is 1. The van der Waals surface area contributed by atoms with E-state index in [1.807, 2.05) is 29.3 Å².